The summed E-state index contributed by atoms with van der Waals surface area (Å²) in [7, 11) is 3.26. The van der Waals surface area contributed by atoms with E-state index in [0.29, 0.717) is 24.6 Å². The first-order valence-electron chi connectivity index (χ1n) is 8.96. The van der Waals surface area contributed by atoms with Gasteiger partial charge < -0.3 is 20.3 Å². The highest BCUT2D eigenvalue weighted by Crippen LogP contribution is 2.13. The van der Waals surface area contributed by atoms with Crippen LogP contribution in [0.2, 0.25) is 0 Å². The molecule has 0 bridgehead atoms. The van der Waals surface area contributed by atoms with E-state index >= 15 is 0 Å². The van der Waals surface area contributed by atoms with Crippen molar-refractivity contribution >= 4 is 11.9 Å². The average Bonchev–Trinajstić information content (AvgIpc) is 3.08. The Balaban J connectivity index is 1.87. The molecule has 0 aromatic heterocycles. The molecule has 1 unspecified atom stereocenters. The molecule has 1 heterocycles. The van der Waals surface area contributed by atoms with E-state index in [4.69, 9.17) is 4.74 Å². The molecule has 2 rings (SSSR count). The van der Waals surface area contributed by atoms with Crippen molar-refractivity contribution in [3.05, 3.63) is 35.1 Å². The van der Waals surface area contributed by atoms with Crippen LogP contribution in [-0.4, -0.2) is 50.1 Å². The molecule has 144 valence electrons. The van der Waals surface area contributed by atoms with Crippen LogP contribution in [0.4, 0.5) is 4.39 Å². The lowest BCUT2D eigenvalue weighted by molar-refractivity contribution is -0.133. The quantitative estimate of drug-likeness (QED) is 0.598. The van der Waals surface area contributed by atoms with E-state index in [1.807, 2.05) is 18.7 Å². The van der Waals surface area contributed by atoms with Crippen LogP contribution >= 0.6 is 0 Å². The highest BCUT2D eigenvalue weighted by atomic mass is 19.1. The molecule has 0 spiro atoms. The number of amides is 1. The maximum absolute atomic E-state index is 13.7. The number of carbonyl (C=O) groups is 1. The highest BCUT2D eigenvalue weighted by molar-refractivity contribution is 5.81. The number of carbonyl (C=O) groups excluding carboxylic acids is 1. The Hall–Kier alpha value is -2.15. The Morgan fingerprint density at radius 3 is 2.88 bits per heavy atom. The van der Waals surface area contributed by atoms with Gasteiger partial charge in [0.15, 0.2) is 5.96 Å². The molecule has 1 saturated heterocycles. The molecular formula is C19H29FN4O2. The smallest absolute Gasteiger partial charge is 0.225 e. The zero-order valence-corrected chi connectivity index (χ0v) is 16.0. The molecule has 2 N–H and O–H groups in total. The van der Waals surface area contributed by atoms with E-state index in [-0.39, 0.29) is 30.3 Å². The number of methoxy groups -OCH3 is 1. The zero-order valence-electron chi connectivity index (χ0n) is 16.0. The Morgan fingerprint density at radius 2 is 2.23 bits per heavy atom. The Labute approximate surface area is 154 Å². The van der Waals surface area contributed by atoms with Gasteiger partial charge in [0.1, 0.15) is 5.82 Å². The second-order valence-corrected chi connectivity index (χ2v) is 6.85. The molecule has 7 heteroatoms. The van der Waals surface area contributed by atoms with Crippen molar-refractivity contribution < 1.29 is 13.9 Å². The predicted octanol–water partition coefficient (Wildman–Crippen LogP) is 1.89. The molecule has 6 nitrogen and oxygen atoms in total. The van der Waals surface area contributed by atoms with Crippen LogP contribution in [0.3, 0.4) is 0 Å². The lowest BCUT2D eigenvalue weighted by Crippen LogP contribution is -2.45. The maximum Gasteiger partial charge on any atom is 0.225 e. The fourth-order valence-electron chi connectivity index (χ4n) is 3.02. The third-order valence-corrected chi connectivity index (χ3v) is 4.43. The number of nitrogens with zero attached hydrogens (tertiary/aromatic N) is 2. The van der Waals surface area contributed by atoms with Crippen LogP contribution in [0.15, 0.2) is 23.2 Å². The molecule has 1 aliphatic rings. The van der Waals surface area contributed by atoms with Crippen molar-refractivity contribution in [3.63, 3.8) is 0 Å². The fourth-order valence-corrected chi connectivity index (χ4v) is 3.02. The van der Waals surface area contributed by atoms with Gasteiger partial charge in [-0.15, -0.1) is 0 Å². The van der Waals surface area contributed by atoms with Crippen LogP contribution in [0.5, 0.6) is 0 Å². The Bertz CT molecular complexity index is 648. The van der Waals surface area contributed by atoms with Crippen LogP contribution in [0, 0.1) is 11.7 Å². The summed E-state index contributed by atoms with van der Waals surface area (Å²) in [6.07, 6.45) is 0.897. The van der Waals surface area contributed by atoms with E-state index in [9.17, 15) is 9.18 Å². The van der Waals surface area contributed by atoms with Gasteiger partial charge in [-0.05, 0) is 24.1 Å². The molecule has 1 aliphatic heterocycles. The standard InChI is InChI=1S/C19H29FN4O2/c1-13(2)18(25)24-8-7-16(11-24)23-19(21-3)22-10-14-5-6-17(20)15(9-14)12-26-4/h5-6,9,13,16H,7-8,10-12H2,1-4H3,(H2,21,22,23). The van der Waals surface area contributed by atoms with Crippen LogP contribution < -0.4 is 10.6 Å². The first-order valence-corrected chi connectivity index (χ1v) is 8.96. The second-order valence-electron chi connectivity index (χ2n) is 6.85. The number of ether oxygens (including phenoxy) is 1. The van der Waals surface area contributed by atoms with Gasteiger partial charge in [0, 0.05) is 51.3 Å². The number of benzene rings is 1. The number of guanidine groups is 1. The van der Waals surface area contributed by atoms with Gasteiger partial charge in [-0.25, -0.2) is 4.39 Å². The third-order valence-electron chi connectivity index (χ3n) is 4.43. The lowest BCUT2D eigenvalue weighted by Gasteiger charge is -2.20. The number of halogens is 1. The van der Waals surface area contributed by atoms with E-state index in [0.717, 1.165) is 18.5 Å². The topological polar surface area (TPSA) is 66.0 Å². The molecule has 1 fully saturated rings. The Kier molecular flexibility index (Phi) is 7.38. The van der Waals surface area contributed by atoms with Gasteiger partial charge in [0.05, 0.1) is 6.61 Å². The Morgan fingerprint density at radius 1 is 1.46 bits per heavy atom. The summed E-state index contributed by atoms with van der Waals surface area (Å²) in [4.78, 5) is 18.2. The van der Waals surface area contributed by atoms with Crippen LogP contribution in [0.1, 0.15) is 31.4 Å². The molecule has 0 aliphatic carbocycles. The molecule has 0 radical (unpaired) electrons. The van der Waals surface area contributed by atoms with E-state index in [1.54, 1.807) is 26.3 Å². The predicted molar refractivity (Wildman–Crippen MR) is 100 cm³/mol. The largest absolute Gasteiger partial charge is 0.380 e. The molecular weight excluding hydrogens is 335 g/mol. The number of nitrogens with one attached hydrogen (secondary N) is 2. The number of hydrogen-bond acceptors (Lipinski definition) is 3. The highest BCUT2D eigenvalue weighted by Gasteiger charge is 2.27. The van der Waals surface area contributed by atoms with Crippen molar-refractivity contribution in [2.75, 3.05) is 27.2 Å². The zero-order chi connectivity index (χ0) is 19.1. The van der Waals surface area contributed by atoms with Crippen LogP contribution in [0.25, 0.3) is 0 Å². The first-order chi connectivity index (χ1) is 12.4. The van der Waals surface area contributed by atoms with Gasteiger partial charge >= 0.3 is 0 Å². The minimum Gasteiger partial charge on any atom is -0.380 e. The van der Waals surface area contributed by atoms with Crippen LogP contribution in [-0.2, 0) is 22.7 Å². The normalized spacial score (nSPS) is 17.7. The summed E-state index contributed by atoms with van der Waals surface area (Å²) in [5, 5.41) is 6.60. The van der Waals surface area contributed by atoms with E-state index < -0.39 is 0 Å². The minimum absolute atomic E-state index is 0.0194. The molecule has 1 atom stereocenters. The van der Waals surface area contributed by atoms with Crippen molar-refractivity contribution in [2.24, 2.45) is 10.9 Å². The number of aliphatic imine (C=N–C) groups is 1. The second kappa shape index (κ2) is 9.52. The molecule has 1 amide bonds. The van der Waals surface area contributed by atoms with Gasteiger partial charge in [0.25, 0.3) is 0 Å². The van der Waals surface area contributed by atoms with Crippen molar-refractivity contribution in [2.45, 2.75) is 39.5 Å². The third kappa shape index (κ3) is 5.42. The van der Waals surface area contributed by atoms with E-state index in [1.165, 1.54) is 6.07 Å². The molecule has 1 aromatic carbocycles. The summed E-state index contributed by atoms with van der Waals surface area (Å²) < 4.78 is 18.7. The van der Waals surface area contributed by atoms with E-state index in [2.05, 4.69) is 15.6 Å². The maximum atomic E-state index is 13.7. The molecule has 26 heavy (non-hydrogen) atoms. The van der Waals surface area contributed by atoms with Gasteiger partial charge in [0.2, 0.25) is 5.91 Å². The average molecular weight is 364 g/mol. The van der Waals surface area contributed by atoms with Gasteiger partial charge in [-0.2, -0.15) is 0 Å². The summed E-state index contributed by atoms with van der Waals surface area (Å²) >= 11 is 0. The SMILES string of the molecule is CN=C(NCc1ccc(F)c(COC)c1)NC1CCN(C(=O)C(C)C)C1. The summed E-state index contributed by atoms with van der Waals surface area (Å²) in [5.74, 6) is 0.616. The minimum atomic E-state index is -0.265. The first kappa shape index (κ1) is 20.2. The monoisotopic (exact) mass is 364 g/mol. The fraction of sp³-hybridized carbons (Fsp3) is 0.579. The summed E-state index contributed by atoms with van der Waals surface area (Å²) in [6.45, 7) is 6.07. The lowest BCUT2D eigenvalue weighted by atomic mass is 10.1. The number of rotatable bonds is 6. The summed E-state index contributed by atoms with van der Waals surface area (Å²) in [6, 6.07) is 5.17. The number of hydrogen-bond donors (Lipinski definition) is 2. The summed E-state index contributed by atoms with van der Waals surface area (Å²) in [5.41, 5.74) is 1.48. The molecule has 1 aromatic rings. The number of likely N-dealkylation sites (tertiary alicyclic amines) is 1. The van der Waals surface area contributed by atoms with Gasteiger partial charge in [-0.1, -0.05) is 19.9 Å². The van der Waals surface area contributed by atoms with Gasteiger partial charge in [-0.3, -0.25) is 9.79 Å². The van der Waals surface area contributed by atoms with Crippen molar-refractivity contribution in [3.8, 4) is 0 Å². The van der Waals surface area contributed by atoms with Crippen molar-refractivity contribution in [1.82, 2.24) is 15.5 Å². The van der Waals surface area contributed by atoms with Crippen molar-refractivity contribution in [1.29, 1.82) is 0 Å². The molecule has 0 saturated carbocycles.